The Hall–Kier alpha value is -2.90. The van der Waals surface area contributed by atoms with Gasteiger partial charge in [0.25, 0.3) is 5.79 Å². The number of carbonyl (C=O) groups is 2. The molecule has 2 aliphatic heterocycles. The van der Waals surface area contributed by atoms with Crippen molar-refractivity contribution in [1.29, 1.82) is 0 Å². The first kappa shape index (κ1) is 17.2. The standard InChI is InChI=1S/C21H19NO6/c23-19(24)21-12-22(9-13(28-21)10-27-21)20(25)26-11-18-16-7-3-1-5-14(16)15-6-2-4-8-17(15)18/h1-8,13,18H,9-12H2,(H,23,24)/t13-,21-/m0/s1. The average Bonchev–Trinajstić information content (AvgIpc) is 3.21. The zero-order valence-corrected chi connectivity index (χ0v) is 15.0. The predicted octanol–water partition coefficient (Wildman–Crippen LogP) is 2.45. The van der Waals surface area contributed by atoms with E-state index in [4.69, 9.17) is 14.2 Å². The van der Waals surface area contributed by atoms with Gasteiger partial charge in [0, 0.05) is 5.92 Å². The Labute approximate surface area is 161 Å². The molecule has 7 nitrogen and oxygen atoms in total. The number of carboxylic acid groups (broad SMARTS) is 1. The van der Waals surface area contributed by atoms with Gasteiger partial charge in [0.1, 0.15) is 12.7 Å². The summed E-state index contributed by atoms with van der Waals surface area (Å²) in [7, 11) is 0. The Morgan fingerprint density at radius 1 is 1.11 bits per heavy atom. The van der Waals surface area contributed by atoms with E-state index in [9.17, 15) is 14.7 Å². The normalized spacial score (nSPS) is 25.3. The highest BCUT2D eigenvalue weighted by Crippen LogP contribution is 2.44. The van der Waals surface area contributed by atoms with E-state index in [0.717, 1.165) is 22.3 Å². The summed E-state index contributed by atoms with van der Waals surface area (Å²) in [4.78, 5) is 25.5. The van der Waals surface area contributed by atoms with Gasteiger partial charge in [0.15, 0.2) is 0 Å². The number of nitrogens with zero attached hydrogens (tertiary/aromatic N) is 1. The molecule has 5 rings (SSSR count). The zero-order valence-electron chi connectivity index (χ0n) is 15.0. The van der Waals surface area contributed by atoms with Gasteiger partial charge in [-0.15, -0.1) is 0 Å². The van der Waals surface area contributed by atoms with Crippen molar-refractivity contribution < 1.29 is 28.9 Å². The molecule has 144 valence electrons. The number of carboxylic acids is 1. The third kappa shape index (κ3) is 2.58. The monoisotopic (exact) mass is 381 g/mol. The van der Waals surface area contributed by atoms with Crippen LogP contribution in [0.4, 0.5) is 4.79 Å². The fourth-order valence-electron chi connectivity index (χ4n) is 4.30. The first-order chi connectivity index (χ1) is 13.6. The van der Waals surface area contributed by atoms with Crippen molar-refractivity contribution in [2.75, 3.05) is 26.3 Å². The Morgan fingerprint density at radius 2 is 1.75 bits per heavy atom. The lowest BCUT2D eigenvalue weighted by atomic mass is 9.98. The second kappa shape index (κ2) is 6.32. The van der Waals surface area contributed by atoms with E-state index in [-0.39, 0.29) is 32.2 Å². The molecule has 2 heterocycles. The molecule has 0 unspecified atom stereocenters. The number of morpholine rings is 1. The minimum absolute atomic E-state index is 0.0428. The first-order valence-electron chi connectivity index (χ1n) is 9.22. The topological polar surface area (TPSA) is 85.3 Å². The Morgan fingerprint density at radius 3 is 2.39 bits per heavy atom. The number of rotatable bonds is 3. The third-order valence-electron chi connectivity index (χ3n) is 5.60. The van der Waals surface area contributed by atoms with E-state index in [1.807, 2.05) is 24.3 Å². The van der Waals surface area contributed by atoms with Crippen LogP contribution in [-0.2, 0) is 19.0 Å². The highest BCUT2D eigenvalue weighted by atomic mass is 16.8. The minimum atomic E-state index is -1.78. The molecule has 28 heavy (non-hydrogen) atoms. The number of amides is 1. The highest BCUT2D eigenvalue weighted by molar-refractivity contribution is 5.80. The molecule has 0 saturated carbocycles. The molecule has 7 heteroatoms. The molecule has 1 N–H and O–H groups in total. The lowest BCUT2D eigenvalue weighted by Crippen LogP contribution is -2.57. The van der Waals surface area contributed by atoms with Crippen LogP contribution in [0.1, 0.15) is 17.0 Å². The van der Waals surface area contributed by atoms with Gasteiger partial charge >= 0.3 is 12.1 Å². The summed E-state index contributed by atoms with van der Waals surface area (Å²) in [5, 5.41) is 9.41. The smallest absolute Gasteiger partial charge is 0.410 e. The number of ether oxygens (including phenoxy) is 3. The average molecular weight is 381 g/mol. The Balaban J connectivity index is 1.33. The molecule has 2 atom stereocenters. The van der Waals surface area contributed by atoms with Crippen molar-refractivity contribution in [2.24, 2.45) is 0 Å². The molecule has 0 spiro atoms. The summed E-state index contributed by atoms with van der Waals surface area (Å²) >= 11 is 0. The van der Waals surface area contributed by atoms with Crippen LogP contribution in [0.5, 0.6) is 0 Å². The molecule has 1 aliphatic carbocycles. The summed E-state index contributed by atoms with van der Waals surface area (Å²) in [6.07, 6.45) is -1.00. The van der Waals surface area contributed by atoms with Gasteiger partial charge in [0.05, 0.1) is 19.7 Å². The quantitative estimate of drug-likeness (QED) is 0.879. The maximum atomic E-state index is 12.7. The molecular weight excluding hydrogens is 362 g/mol. The second-order valence-electron chi connectivity index (χ2n) is 7.29. The van der Waals surface area contributed by atoms with Crippen LogP contribution in [0.3, 0.4) is 0 Å². The Bertz CT molecular complexity index is 914. The fourth-order valence-corrected chi connectivity index (χ4v) is 4.30. The van der Waals surface area contributed by atoms with Gasteiger partial charge in [-0.05, 0) is 22.3 Å². The van der Waals surface area contributed by atoms with E-state index >= 15 is 0 Å². The summed E-state index contributed by atoms with van der Waals surface area (Å²) in [6, 6.07) is 16.2. The van der Waals surface area contributed by atoms with E-state index in [1.165, 1.54) is 4.90 Å². The molecule has 2 aromatic rings. The fraction of sp³-hybridized carbons (Fsp3) is 0.333. The molecular formula is C21H19NO6. The van der Waals surface area contributed by atoms with E-state index in [0.29, 0.717) is 0 Å². The number of fused-ring (bicyclic) bond motifs is 5. The molecule has 2 aromatic carbocycles. The number of carbonyl (C=O) groups excluding carboxylic acids is 1. The van der Waals surface area contributed by atoms with Crippen molar-refractivity contribution in [3.8, 4) is 11.1 Å². The maximum Gasteiger partial charge on any atom is 0.410 e. The lowest BCUT2D eigenvalue weighted by Gasteiger charge is -2.35. The van der Waals surface area contributed by atoms with Gasteiger partial charge < -0.3 is 19.3 Å². The van der Waals surface area contributed by atoms with Crippen LogP contribution in [0.15, 0.2) is 48.5 Å². The lowest BCUT2D eigenvalue weighted by molar-refractivity contribution is -0.220. The largest absolute Gasteiger partial charge is 0.477 e. The molecule has 0 aromatic heterocycles. The van der Waals surface area contributed by atoms with E-state index < -0.39 is 24.0 Å². The molecule has 0 radical (unpaired) electrons. The van der Waals surface area contributed by atoms with Crippen molar-refractivity contribution in [1.82, 2.24) is 4.90 Å². The number of hydrogen-bond acceptors (Lipinski definition) is 5. The van der Waals surface area contributed by atoms with Gasteiger partial charge in [-0.2, -0.15) is 0 Å². The zero-order chi connectivity index (χ0) is 19.3. The maximum absolute atomic E-state index is 12.7. The molecule has 2 fully saturated rings. The van der Waals surface area contributed by atoms with Crippen molar-refractivity contribution in [3.63, 3.8) is 0 Å². The molecule has 2 saturated heterocycles. The van der Waals surface area contributed by atoms with Gasteiger partial charge in [-0.3, -0.25) is 4.90 Å². The van der Waals surface area contributed by atoms with Crippen LogP contribution < -0.4 is 0 Å². The summed E-state index contributed by atoms with van der Waals surface area (Å²) in [5.74, 6) is -3.06. The number of aliphatic carboxylic acids is 1. The van der Waals surface area contributed by atoms with Crippen molar-refractivity contribution in [2.45, 2.75) is 17.8 Å². The van der Waals surface area contributed by atoms with Gasteiger partial charge in [-0.1, -0.05) is 48.5 Å². The van der Waals surface area contributed by atoms with E-state index in [1.54, 1.807) is 0 Å². The molecule has 3 aliphatic rings. The van der Waals surface area contributed by atoms with Crippen LogP contribution in [0.25, 0.3) is 11.1 Å². The first-order valence-corrected chi connectivity index (χ1v) is 9.22. The predicted molar refractivity (Wildman–Crippen MR) is 97.8 cm³/mol. The summed E-state index contributed by atoms with van der Waals surface area (Å²) < 4.78 is 16.3. The van der Waals surface area contributed by atoms with Crippen molar-refractivity contribution in [3.05, 3.63) is 59.7 Å². The number of benzene rings is 2. The van der Waals surface area contributed by atoms with Crippen molar-refractivity contribution >= 4 is 12.1 Å². The van der Waals surface area contributed by atoms with Crippen LogP contribution in [0, 0.1) is 0 Å². The van der Waals surface area contributed by atoms with E-state index in [2.05, 4.69) is 24.3 Å². The van der Waals surface area contributed by atoms with Crippen LogP contribution in [0.2, 0.25) is 0 Å². The summed E-state index contributed by atoms with van der Waals surface area (Å²) in [5.41, 5.74) is 4.57. The molecule has 1 amide bonds. The number of hydrogen-bond donors (Lipinski definition) is 1. The van der Waals surface area contributed by atoms with Gasteiger partial charge in [0.2, 0.25) is 0 Å². The minimum Gasteiger partial charge on any atom is -0.477 e. The summed E-state index contributed by atoms with van der Waals surface area (Å²) in [6.45, 7) is 0.413. The second-order valence-corrected chi connectivity index (χ2v) is 7.29. The Kier molecular flexibility index (Phi) is 3.89. The van der Waals surface area contributed by atoms with Crippen LogP contribution in [-0.4, -0.2) is 60.3 Å². The highest BCUT2D eigenvalue weighted by Gasteiger charge is 2.55. The van der Waals surface area contributed by atoms with Gasteiger partial charge in [-0.25, -0.2) is 9.59 Å². The third-order valence-corrected chi connectivity index (χ3v) is 5.60. The van der Waals surface area contributed by atoms with Crippen LogP contribution >= 0.6 is 0 Å². The SMILES string of the molecule is O=C(OCC1c2ccccc2-c2ccccc21)N1C[C@H]2CO[C@@](C(=O)O)(C1)O2. The molecule has 2 bridgehead atoms.